The molecule has 2 rings (SSSR count). The summed E-state index contributed by atoms with van der Waals surface area (Å²) < 4.78 is 27.0. The van der Waals surface area contributed by atoms with Crippen LogP contribution in [0.15, 0.2) is 30.3 Å². The van der Waals surface area contributed by atoms with Gasteiger partial charge < -0.3 is 23.7 Å². The molecule has 1 atom stereocenters. The quantitative estimate of drug-likeness (QED) is 0.356. The van der Waals surface area contributed by atoms with Gasteiger partial charge in [0.1, 0.15) is 12.2 Å². The first-order chi connectivity index (χ1) is 15.9. The Morgan fingerprint density at radius 2 is 1.76 bits per heavy atom. The van der Waals surface area contributed by atoms with Crippen LogP contribution in [0.4, 0.5) is 9.59 Å². The van der Waals surface area contributed by atoms with Crippen LogP contribution in [0, 0.1) is 5.41 Å². The van der Waals surface area contributed by atoms with Crippen LogP contribution in [0.5, 0.6) is 0 Å². The molecular weight excluding hydrogens is 444 g/mol. The third kappa shape index (κ3) is 9.18. The second-order valence-electron chi connectivity index (χ2n) is 9.86. The van der Waals surface area contributed by atoms with Crippen LogP contribution in [0.2, 0.25) is 0 Å². The third-order valence-corrected chi connectivity index (χ3v) is 4.79. The van der Waals surface area contributed by atoms with Crippen LogP contribution in [-0.2, 0) is 35.1 Å². The number of benzene rings is 1. The van der Waals surface area contributed by atoms with E-state index >= 15 is 0 Å². The average Bonchev–Trinajstić information content (AvgIpc) is 2.76. The van der Waals surface area contributed by atoms with E-state index in [2.05, 4.69) is 5.43 Å². The Bertz CT molecular complexity index is 812. The monoisotopic (exact) mass is 480 g/mol. The summed E-state index contributed by atoms with van der Waals surface area (Å²) in [5.41, 5.74) is 2.16. The van der Waals surface area contributed by atoms with Gasteiger partial charge >= 0.3 is 18.2 Å². The van der Waals surface area contributed by atoms with Crippen LogP contribution in [-0.4, -0.2) is 61.4 Å². The normalized spacial score (nSPS) is 16.8. The fourth-order valence-corrected chi connectivity index (χ4v) is 3.11. The van der Waals surface area contributed by atoms with E-state index in [-0.39, 0.29) is 24.9 Å². The predicted molar refractivity (Wildman–Crippen MR) is 122 cm³/mol. The minimum atomic E-state index is -1.19. The first-order valence-electron chi connectivity index (χ1n) is 11.2. The van der Waals surface area contributed by atoms with Crippen molar-refractivity contribution in [3.63, 3.8) is 0 Å². The highest BCUT2D eigenvalue weighted by molar-refractivity contribution is 5.83. The highest BCUT2D eigenvalue weighted by Gasteiger charge is 2.36. The molecule has 190 valence electrons. The number of ether oxygens (including phenoxy) is 5. The Hall–Kier alpha value is -2.85. The fourth-order valence-electron chi connectivity index (χ4n) is 3.11. The number of rotatable bonds is 7. The molecule has 0 radical (unpaired) electrons. The molecule has 0 unspecified atom stereocenters. The molecule has 10 heteroatoms. The molecule has 0 saturated carbocycles. The minimum Gasteiger partial charge on any atom is -0.467 e. The second kappa shape index (κ2) is 12.0. The lowest BCUT2D eigenvalue weighted by Crippen LogP contribution is -2.56. The van der Waals surface area contributed by atoms with Gasteiger partial charge in [0.25, 0.3) is 0 Å². The summed E-state index contributed by atoms with van der Waals surface area (Å²) >= 11 is 0. The average molecular weight is 481 g/mol. The van der Waals surface area contributed by atoms with E-state index in [1.165, 1.54) is 7.11 Å². The Morgan fingerprint density at radius 1 is 1.15 bits per heavy atom. The predicted octanol–water partition coefficient (Wildman–Crippen LogP) is 3.79. The van der Waals surface area contributed by atoms with Crippen LogP contribution in [0.1, 0.15) is 53.0 Å². The second-order valence-corrected chi connectivity index (χ2v) is 9.86. The lowest BCUT2D eigenvalue weighted by molar-refractivity contribution is -0.225. The van der Waals surface area contributed by atoms with Crippen molar-refractivity contribution in [1.82, 2.24) is 10.4 Å². The lowest BCUT2D eigenvalue weighted by atomic mass is 9.95. The van der Waals surface area contributed by atoms with Gasteiger partial charge in [0.2, 0.25) is 0 Å². The van der Waals surface area contributed by atoms with Crippen molar-refractivity contribution < 1.29 is 38.1 Å². The molecule has 1 aliphatic heterocycles. The number of hydrazine groups is 1. The molecule has 1 N–H and O–H groups in total. The Kier molecular flexibility index (Phi) is 9.69. The highest BCUT2D eigenvalue weighted by Crippen LogP contribution is 2.25. The smallest absolute Gasteiger partial charge is 0.429 e. The van der Waals surface area contributed by atoms with Crippen molar-refractivity contribution in [3.8, 4) is 0 Å². The number of nitrogens with one attached hydrogen (secondary N) is 1. The maximum atomic E-state index is 13.0. The van der Waals surface area contributed by atoms with Gasteiger partial charge in [-0.15, -0.1) is 0 Å². The van der Waals surface area contributed by atoms with Crippen molar-refractivity contribution in [3.05, 3.63) is 35.9 Å². The number of hydrogen-bond donors (Lipinski definition) is 1. The standard InChI is InChI=1S/C24H36N2O8/c1-23(2,3)34-21(28)25-26(22(29)31-14-17-10-8-7-9-11-17)18(20(27)30-6)12-13-19-32-15-24(4,5)16-33-19/h7-11,18-19H,12-16H2,1-6H3,(H,25,28)/t18-/m0/s1. The number of amides is 2. The van der Waals surface area contributed by atoms with Crippen molar-refractivity contribution in [2.24, 2.45) is 5.41 Å². The highest BCUT2D eigenvalue weighted by atomic mass is 16.7. The van der Waals surface area contributed by atoms with Crippen LogP contribution in [0.3, 0.4) is 0 Å². The first kappa shape index (κ1) is 27.4. The van der Waals surface area contributed by atoms with E-state index in [1.54, 1.807) is 32.9 Å². The largest absolute Gasteiger partial charge is 0.467 e. The van der Waals surface area contributed by atoms with Crippen LogP contribution in [0.25, 0.3) is 0 Å². The SMILES string of the molecule is COC(=O)[C@H](CCC1OCC(C)(C)CO1)N(NC(=O)OC(C)(C)C)C(=O)OCc1ccccc1. The van der Waals surface area contributed by atoms with Gasteiger partial charge in [0, 0.05) is 11.8 Å². The zero-order chi connectivity index (χ0) is 25.4. The van der Waals surface area contributed by atoms with Gasteiger partial charge in [0.05, 0.1) is 20.3 Å². The van der Waals surface area contributed by atoms with Crippen molar-refractivity contribution in [2.45, 2.75) is 72.0 Å². The Balaban J connectivity index is 2.15. The first-order valence-corrected chi connectivity index (χ1v) is 11.2. The molecule has 0 spiro atoms. The van der Waals surface area contributed by atoms with E-state index in [1.807, 2.05) is 32.0 Å². The summed E-state index contributed by atoms with van der Waals surface area (Å²) in [6.07, 6.45) is -2.02. The molecule has 1 saturated heterocycles. The van der Waals surface area contributed by atoms with Crippen LogP contribution >= 0.6 is 0 Å². The van der Waals surface area contributed by atoms with Crippen LogP contribution < -0.4 is 5.43 Å². The molecule has 0 aromatic heterocycles. The van der Waals surface area contributed by atoms with E-state index in [9.17, 15) is 14.4 Å². The fraction of sp³-hybridized carbons (Fsp3) is 0.625. The van der Waals surface area contributed by atoms with E-state index in [0.29, 0.717) is 13.2 Å². The summed E-state index contributed by atoms with van der Waals surface area (Å²) in [6, 6.07) is 7.84. The van der Waals surface area contributed by atoms with Gasteiger partial charge in [-0.2, -0.15) is 0 Å². The van der Waals surface area contributed by atoms with E-state index in [0.717, 1.165) is 10.6 Å². The molecule has 1 aromatic carbocycles. The van der Waals surface area contributed by atoms with E-state index in [4.69, 9.17) is 23.7 Å². The molecule has 1 aliphatic rings. The third-order valence-electron chi connectivity index (χ3n) is 4.79. The van der Waals surface area contributed by atoms with Crippen molar-refractivity contribution in [2.75, 3.05) is 20.3 Å². The van der Waals surface area contributed by atoms with Gasteiger partial charge in [-0.25, -0.2) is 24.8 Å². The number of carbonyl (C=O) groups excluding carboxylic acids is 3. The van der Waals surface area contributed by atoms with Gasteiger partial charge in [0.15, 0.2) is 12.3 Å². The lowest BCUT2D eigenvalue weighted by Gasteiger charge is -2.35. The number of methoxy groups -OCH3 is 1. The number of esters is 1. The summed E-state index contributed by atoms with van der Waals surface area (Å²) in [7, 11) is 1.20. The number of nitrogens with zero attached hydrogens (tertiary/aromatic N) is 1. The Morgan fingerprint density at radius 3 is 2.32 bits per heavy atom. The zero-order valence-corrected chi connectivity index (χ0v) is 20.8. The maximum absolute atomic E-state index is 13.0. The van der Waals surface area contributed by atoms with E-state index < -0.39 is 36.1 Å². The molecule has 1 aromatic rings. The Labute approximate surface area is 200 Å². The summed E-state index contributed by atoms with van der Waals surface area (Å²) in [5, 5.41) is 0.801. The molecular formula is C24H36N2O8. The minimum absolute atomic E-state index is 0.0516. The van der Waals surface area contributed by atoms with Gasteiger partial charge in [-0.1, -0.05) is 44.2 Å². The summed E-state index contributed by atoms with van der Waals surface area (Å²) in [5.74, 6) is -0.733. The molecule has 1 heterocycles. The van der Waals surface area contributed by atoms with Crippen molar-refractivity contribution >= 4 is 18.2 Å². The summed E-state index contributed by atoms with van der Waals surface area (Å²) in [4.78, 5) is 38.1. The van der Waals surface area contributed by atoms with Gasteiger partial charge in [-0.3, -0.25) is 0 Å². The zero-order valence-electron chi connectivity index (χ0n) is 20.8. The number of hydrogen-bond acceptors (Lipinski definition) is 8. The molecule has 0 bridgehead atoms. The molecule has 1 fully saturated rings. The topological polar surface area (TPSA) is 113 Å². The number of carbonyl (C=O) groups is 3. The molecule has 10 nitrogen and oxygen atoms in total. The maximum Gasteiger partial charge on any atom is 0.429 e. The van der Waals surface area contributed by atoms with Gasteiger partial charge in [-0.05, 0) is 32.8 Å². The van der Waals surface area contributed by atoms with Crippen molar-refractivity contribution in [1.29, 1.82) is 0 Å². The molecule has 2 amide bonds. The molecule has 0 aliphatic carbocycles. The molecule has 34 heavy (non-hydrogen) atoms. The summed E-state index contributed by atoms with van der Waals surface area (Å²) in [6.45, 7) is 10.0.